The minimum Gasteiger partial charge on any atom is -0.496 e. The number of hydrogen-bond acceptors (Lipinski definition) is 2. The molecule has 2 aromatic carbocycles. The van der Waals surface area contributed by atoms with Gasteiger partial charge in [-0.2, -0.15) is 0 Å². The molecule has 0 aromatic heterocycles. The zero-order valence-electron chi connectivity index (χ0n) is 16.3. The van der Waals surface area contributed by atoms with Crippen LogP contribution < -0.4 is 4.74 Å². The lowest BCUT2D eigenvalue weighted by atomic mass is 9.95. The van der Waals surface area contributed by atoms with Crippen molar-refractivity contribution in [3.8, 4) is 5.75 Å². The topological polar surface area (TPSA) is 29.5 Å². The number of benzene rings is 2. The SMILES string of the molecule is COc1ccccc1C(C)CC(=O)N1CCCC1c1ccc(C)c(C)c1. The number of para-hydroxylation sites is 1. The lowest BCUT2D eigenvalue weighted by molar-refractivity contribution is -0.132. The van der Waals surface area contributed by atoms with Gasteiger partial charge >= 0.3 is 0 Å². The summed E-state index contributed by atoms with van der Waals surface area (Å²) in [5.74, 6) is 1.24. The van der Waals surface area contributed by atoms with E-state index in [4.69, 9.17) is 4.74 Å². The van der Waals surface area contributed by atoms with Crippen molar-refractivity contribution in [3.05, 3.63) is 64.7 Å². The van der Waals surface area contributed by atoms with Crippen LogP contribution in [0.3, 0.4) is 0 Å². The maximum atomic E-state index is 13.0. The summed E-state index contributed by atoms with van der Waals surface area (Å²) < 4.78 is 5.46. The van der Waals surface area contributed by atoms with Crippen molar-refractivity contribution in [1.29, 1.82) is 0 Å². The molecule has 0 spiro atoms. The van der Waals surface area contributed by atoms with Crippen LogP contribution in [0.5, 0.6) is 5.75 Å². The molecule has 1 heterocycles. The molecule has 1 fully saturated rings. The maximum absolute atomic E-state index is 13.0. The van der Waals surface area contributed by atoms with Gasteiger partial charge in [-0.3, -0.25) is 4.79 Å². The second kappa shape index (κ2) is 7.94. The van der Waals surface area contributed by atoms with Crippen LogP contribution in [-0.4, -0.2) is 24.5 Å². The molecule has 3 heteroatoms. The first kappa shape index (κ1) is 18.5. The highest BCUT2D eigenvalue weighted by Gasteiger charge is 2.31. The van der Waals surface area contributed by atoms with Crippen molar-refractivity contribution in [2.24, 2.45) is 0 Å². The molecular weight excluding hydrogens is 322 g/mol. The number of aryl methyl sites for hydroxylation is 2. The molecule has 0 N–H and O–H groups in total. The molecule has 3 rings (SSSR count). The van der Waals surface area contributed by atoms with Crippen LogP contribution >= 0.6 is 0 Å². The number of ether oxygens (including phenoxy) is 1. The monoisotopic (exact) mass is 351 g/mol. The number of carbonyl (C=O) groups is 1. The summed E-state index contributed by atoms with van der Waals surface area (Å²) >= 11 is 0. The van der Waals surface area contributed by atoms with Crippen molar-refractivity contribution in [1.82, 2.24) is 4.90 Å². The Kier molecular flexibility index (Phi) is 5.65. The summed E-state index contributed by atoms with van der Waals surface area (Å²) in [6.45, 7) is 7.24. The Morgan fingerprint density at radius 3 is 2.69 bits per heavy atom. The minimum absolute atomic E-state index is 0.139. The first-order chi connectivity index (χ1) is 12.5. The van der Waals surface area contributed by atoms with E-state index in [1.807, 2.05) is 18.2 Å². The predicted molar refractivity (Wildman–Crippen MR) is 106 cm³/mol. The van der Waals surface area contributed by atoms with Crippen LogP contribution in [0, 0.1) is 13.8 Å². The van der Waals surface area contributed by atoms with E-state index in [-0.39, 0.29) is 17.9 Å². The van der Waals surface area contributed by atoms with Crippen LogP contribution in [0.2, 0.25) is 0 Å². The van der Waals surface area contributed by atoms with Crippen LogP contribution in [0.25, 0.3) is 0 Å². The Morgan fingerprint density at radius 2 is 1.96 bits per heavy atom. The van der Waals surface area contributed by atoms with Gasteiger partial charge in [-0.05, 0) is 60.9 Å². The molecule has 1 aliphatic heterocycles. The number of rotatable bonds is 5. The smallest absolute Gasteiger partial charge is 0.223 e. The fourth-order valence-electron chi connectivity index (χ4n) is 3.95. The quantitative estimate of drug-likeness (QED) is 0.744. The molecule has 138 valence electrons. The van der Waals surface area contributed by atoms with E-state index < -0.39 is 0 Å². The molecule has 2 aromatic rings. The fraction of sp³-hybridized carbons (Fsp3) is 0.435. The van der Waals surface area contributed by atoms with Gasteiger partial charge in [0.15, 0.2) is 0 Å². The minimum atomic E-state index is 0.139. The predicted octanol–water partition coefficient (Wildman–Crippen LogP) is 5.17. The van der Waals surface area contributed by atoms with Gasteiger partial charge in [-0.25, -0.2) is 0 Å². The van der Waals surface area contributed by atoms with E-state index in [0.717, 1.165) is 30.7 Å². The van der Waals surface area contributed by atoms with Gasteiger partial charge in [0.05, 0.1) is 13.2 Å². The number of methoxy groups -OCH3 is 1. The molecule has 0 aliphatic carbocycles. The second-order valence-corrected chi connectivity index (χ2v) is 7.44. The van der Waals surface area contributed by atoms with Gasteiger partial charge in [0.2, 0.25) is 5.91 Å². The molecule has 3 nitrogen and oxygen atoms in total. The Labute approximate surface area is 157 Å². The summed E-state index contributed by atoms with van der Waals surface area (Å²) in [6, 6.07) is 14.8. The summed E-state index contributed by atoms with van der Waals surface area (Å²) in [6.07, 6.45) is 2.64. The molecule has 26 heavy (non-hydrogen) atoms. The zero-order chi connectivity index (χ0) is 18.7. The highest BCUT2D eigenvalue weighted by atomic mass is 16.5. The summed E-state index contributed by atoms with van der Waals surface area (Å²) in [7, 11) is 1.68. The Hall–Kier alpha value is -2.29. The van der Waals surface area contributed by atoms with Crippen molar-refractivity contribution < 1.29 is 9.53 Å². The van der Waals surface area contributed by atoms with E-state index in [1.165, 1.54) is 16.7 Å². The van der Waals surface area contributed by atoms with Crippen molar-refractivity contribution >= 4 is 5.91 Å². The van der Waals surface area contributed by atoms with Crippen LogP contribution in [-0.2, 0) is 4.79 Å². The molecule has 2 atom stereocenters. The zero-order valence-corrected chi connectivity index (χ0v) is 16.3. The Bertz CT molecular complexity index is 784. The number of hydrogen-bond donors (Lipinski definition) is 0. The normalized spacial score (nSPS) is 18.0. The van der Waals surface area contributed by atoms with Gasteiger partial charge in [0.25, 0.3) is 0 Å². The molecular formula is C23H29NO2. The molecule has 1 saturated heterocycles. The van der Waals surface area contributed by atoms with E-state index in [9.17, 15) is 4.79 Å². The summed E-state index contributed by atoms with van der Waals surface area (Å²) in [5.41, 5.74) is 4.97. The highest BCUT2D eigenvalue weighted by Crippen LogP contribution is 2.35. The molecule has 0 radical (unpaired) electrons. The van der Waals surface area contributed by atoms with Crippen molar-refractivity contribution in [3.63, 3.8) is 0 Å². The lowest BCUT2D eigenvalue weighted by Gasteiger charge is -2.27. The molecule has 1 amide bonds. The molecule has 2 unspecified atom stereocenters. The number of nitrogens with zero attached hydrogens (tertiary/aromatic N) is 1. The van der Waals surface area contributed by atoms with Crippen LogP contribution in [0.4, 0.5) is 0 Å². The average Bonchev–Trinajstić information content (AvgIpc) is 3.13. The summed E-state index contributed by atoms with van der Waals surface area (Å²) in [5, 5.41) is 0. The van der Waals surface area contributed by atoms with Gasteiger partial charge in [0.1, 0.15) is 5.75 Å². The fourth-order valence-corrected chi connectivity index (χ4v) is 3.95. The van der Waals surface area contributed by atoms with Gasteiger partial charge in [-0.15, -0.1) is 0 Å². The highest BCUT2D eigenvalue weighted by molar-refractivity contribution is 5.78. The Morgan fingerprint density at radius 1 is 1.19 bits per heavy atom. The number of likely N-dealkylation sites (tertiary alicyclic amines) is 1. The first-order valence-corrected chi connectivity index (χ1v) is 9.50. The van der Waals surface area contributed by atoms with E-state index in [2.05, 4.69) is 49.9 Å². The van der Waals surface area contributed by atoms with E-state index in [1.54, 1.807) is 7.11 Å². The maximum Gasteiger partial charge on any atom is 0.223 e. The number of carbonyl (C=O) groups excluding carboxylic acids is 1. The van der Waals surface area contributed by atoms with Crippen molar-refractivity contribution in [2.75, 3.05) is 13.7 Å². The first-order valence-electron chi connectivity index (χ1n) is 9.50. The van der Waals surface area contributed by atoms with Gasteiger partial charge in [0, 0.05) is 13.0 Å². The second-order valence-electron chi connectivity index (χ2n) is 7.44. The Balaban J connectivity index is 1.75. The van der Waals surface area contributed by atoms with Gasteiger partial charge in [-0.1, -0.05) is 43.3 Å². The van der Waals surface area contributed by atoms with Crippen LogP contribution in [0.1, 0.15) is 60.4 Å². The van der Waals surface area contributed by atoms with Gasteiger partial charge < -0.3 is 9.64 Å². The summed E-state index contributed by atoms with van der Waals surface area (Å²) in [4.78, 5) is 15.1. The molecule has 0 bridgehead atoms. The average molecular weight is 351 g/mol. The standard InChI is InChI=1S/C23H29NO2/c1-16-11-12-19(14-17(16)2)21-9-7-13-24(21)23(25)15-18(3)20-8-5-6-10-22(20)26-4/h5-6,8,10-12,14,18,21H,7,9,13,15H2,1-4H3. The third-order valence-electron chi connectivity index (χ3n) is 5.64. The molecule has 0 saturated carbocycles. The lowest BCUT2D eigenvalue weighted by Crippen LogP contribution is -2.31. The van der Waals surface area contributed by atoms with Crippen molar-refractivity contribution in [2.45, 2.75) is 52.0 Å². The third-order valence-corrected chi connectivity index (χ3v) is 5.64. The van der Waals surface area contributed by atoms with Crippen LogP contribution in [0.15, 0.2) is 42.5 Å². The number of amides is 1. The molecule has 1 aliphatic rings. The van der Waals surface area contributed by atoms with E-state index >= 15 is 0 Å². The van der Waals surface area contributed by atoms with E-state index in [0.29, 0.717) is 6.42 Å². The third kappa shape index (κ3) is 3.77. The largest absolute Gasteiger partial charge is 0.496 e.